The zero-order valence-corrected chi connectivity index (χ0v) is 14.0. The summed E-state index contributed by atoms with van der Waals surface area (Å²) in [5.74, 6) is -0.352. The lowest BCUT2D eigenvalue weighted by molar-refractivity contribution is -0.144. The first kappa shape index (κ1) is 16.6. The number of Topliss-reactive ketones (excluding diaryl/α,β-unsaturated/α-hetero) is 1. The van der Waals surface area contributed by atoms with Crippen molar-refractivity contribution < 1.29 is 14.3 Å². The van der Waals surface area contributed by atoms with E-state index < -0.39 is 12.1 Å². The summed E-state index contributed by atoms with van der Waals surface area (Å²) >= 11 is 0. The van der Waals surface area contributed by atoms with Gasteiger partial charge in [0.15, 0.2) is 6.10 Å². The molecule has 0 aliphatic carbocycles. The molecule has 2 aromatic heterocycles. The fourth-order valence-electron chi connectivity index (χ4n) is 2.54. The lowest BCUT2D eigenvalue weighted by Gasteiger charge is -2.17. The Hall–Kier alpha value is -3.22. The van der Waals surface area contributed by atoms with Crippen LogP contribution in [0, 0.1) is 0 Å². The number of nitrogens with one attached hydrogen (secondary N) is 1. The molecule has 2 heterocycles. The molecule has 0 saturated carbocycles. The number of para-hydroxylation sites is 1. The monoisotopic (exact) mass is 338 g/mol. The number of likely N-dealkylation sites (N-methyl/N-ethyl adjacent to an activating group) is 1. The molecule has 7 heteroatoms. The van der Waals surface area contributed by atoms with Crippen molar-refractivity contribution in [1.29, 1.82) is 0 Å². The van der Waals surface area contributed by atoms with E-state index in [0.29, 0.717) is 11.5 Å². The summed E-state index contributed by atoms with van der Waals surface area (Å²) < 4.78 is 5.28. The van der Waals surface area contributed by atoms with Gasteiger partial charge in [0.2, 0.25) is 11.7 Å². The van der Waals surface area contributed by atoms with Crippen LogP contribution in [0.25, 0.3) is 10.9 Å². The third-order valence-electron chi connectivity index (χ3n) is 3.79. The van der Waals surface area contributed by atoms with Gasteiger partial charge in [-0.05, 0) is 19.1 Å². The van der Waals surface area contributed by atoms with Crippen molar-refractivity contribution in [2.45, 2.75) is 13.0 Å². The molecule has 0 aliphatic rings. The van der Waals surface area contributed by atoms with Gasteiger partial charge in [0.25, 0.3) is 0 Å². The largest absolute Gasteiger partial charge is 0.453 e. The zero-order valence-electron chi connectivity index (χ0n) is 14.0. The van der Waals surface area contributed by atoms with E-state index in [9.17, 15) is 9.59 Å². The molecule has 1 atom stereocenters. The van der Waals surface area contributed by atoms with Gasteiger partial charge in [0, 0.05) is 42.1 Å². The number of ketones is 1. The maximum Gasteiger partial charge on any atom is 0.326 e. The molecule has 3 aromatic rings. The van der Waals surface area contributed by atoms with Crippen LogP contribution in [0.15, 0.2) is 48.9 Å². The second kappa shape index (κ2) is 7.12. The lowest BCUT2D eigenvalue weighted by Crippen LogP contribution is -2.32. The van der Waals surface area contributed by atoms with Crippen LogP contribution in [0.3, 0.4) is 0 Å². The first-order valence-electron chi connectivity index (χ1n) is 7.84. The lowest BCUT2D eigenvalue weighted by atomic mass is 10.1. The highest BCUT2D eigenvalue weighted by Gasteiger charge is 2.23. The van der Waals surface area contributed by atoms with Crippen LogP contribution in [0.1, 0.15) is 17.3 Å². The molecule has 3 rings (SSSR count). The molecule has 7 nitrogen and oxygen atoms in total. The van der Waals surface area contributed by atoms with Gasteiger partial charge in [-0.3, -0.25) is 9.59 Å². The van der Waals surface area contributed by atoms with Gasteiger partial charge in [-0.15, -0.1) is 0 Å². The number of hydrogen-bond acceptors (Lipinski definition) is 6. The highest BCUT2D eigenvalue weighted by molar-refractivity contribution is 6.10. The van der Waals surface area contributed by atoms with Crippen LogP contribution in [0.4, 0.5) is 5.95 Å². The molecule has 128 valence electrons. The van der Waals surface area contributed by atoms with Crippen LogP contribution in [-0.2, 0) is 9.53 Å². The second-order valence-electron chi connectivity index (χ2n) is 5.65. The minimum absolute atomic E-state index is 0.0461. The SMILES string of the molecule is C[C@@H](OC(=O)CN(C)c1ncccn1)C(=O)c1c[nH]c2ccccc12. The zero-order chi connectivity index (χ0) is 17.8. The highest BCUT2D eigenvalue weighted by Crippen LogP contribution is 2.20. The van der Waals surface area contributed by atoms with E-state index in [-0.39, 0.29) is 12.3 Å². The summed E-state index contributed by atoms with van der Waals surface area (Å²) in [6, 6.07) is 9.18. The molecule has 1 aromatic carbocycles. The van der Waals surface area contributed by atoms with Gasteiger partial charge >= 0.3 is 5.97 Å². The predicted octanol–water partition coefficient (Wildman–Crippen LogP) is 2.21. The van der Waals surface area contributed by atoms with Crippen LogP contribution in [0.5, 0.6) is 0 Å². The van der Waals surface area contributed by atoms with E-state index >= 15 is 0 Å². The smallest absolute Gasteiger partial charge is 0.326 e. The number of fused-ring (bicyclic) bond motifs is 1. The summed E-state index contributed by atoms with van der Waals surface area (Å²) in [4.78, 5) is 37.4. The Kier molecular flexibility index (Phi) is 4.74. The number of carbonyl (C=O) groups excluding carboxylic acids is 2. The standard InChI is InChI=1S/C18H18N4O3/c1-12(17(24)14-10-21-15-7-4-3-6-13(14)15)25-16(23)11-22(2)18-19-8-5-9-20-18/h3-10,12,21H,11H2,1-2H3/t12-/m1/s1. The fourth-order valence-corrected chi connectivity index (χ4v) is 2.54. The number of ether oxygens (including phenoxy) is 1. The van der Waals surface area contributed by atoms with E-state index in [2.05, 4.69) is 15.0 Å². The summed E-state index contributed by atoms with van der Waals surface area (Å²) in [5, 5.41) is 0.810. The minimum atomic E-state index is -0.878. The Morgan fingerprint density at radius 3 is 2.68 bits per heavy atom. The van der Waals surface area contributed by atoms with Crippen molar-refractivity contribution >= 4 is 28.6 Å². The third-order valence-corrected chi connectivity index (χ3v) is 3.79. The first-order chi connectivity index (χ1) is 12.1. The Bertz CT molecular complexity index is 891. The Morgan fingerprint density at radius 1 is 1.20 bits per heavy atom. The van der Waals surface area contributed by atoms with Gasteiger partial charge in [0.1, 0.15) is 6.54 Å². The summed E-state index contributed by atoms with van der Waals surface area (Å²) in [6.07, 6.45) is 3.94. The van der Waals surface area contributed by atoms with Crippen molar-refractivity contribution in [1.82, 2.24) is 15.0 Å². The predicted molar refractivity (Wildman–Crippen MR) is 93.5 cm³/mol. The number of carbonyl (C=O) groups is 2. The van der Waals surface area contributed by atoms with Crippen LogP contribution >= 0.6 is 0 Å². The molecule has 0 amide bonds. The average molecular weight is 338 g/mol. The average Bonchev–Trinajstić information content (AvgIpc) is 3.05. The van der Waals surface area contributed by atoms with Crippen LogP contribution < -0.4 is 4.90 Å². The van der Waals surface area contributed by atoms with Gasteiger partial charge in [-0.25, -0.2) is 9.97 Å². The van der Waals surface area contributed by atoms with Gasteiger partial charge in [-0.1, -0.05) is 18.2 Å². The quantitative estimate of drug-likeness (QED) is 0.548. The van der Waals surface area contributed by atoms with E-state index in [1.807, 2.05) is 24.3 Å². The number of benzene rings is 1. The number of anilines is 1. The minimum Gasteiger partial charge on any atom is -0.453 e. The van der Waals surface area contributed by atoms with Crippen molar-refractivity contribution in [3.05, 3.63) is 54.5 Å². The number of aromatic nitrogens is 3. The molecule has 0 radical (unpaired) electrons. The molecular weight excluding hydrogens is 320 g/mol. The van der Waals surface area contributed by atoms with Crippen LogP contribution in [-0.4, -0.2) is 46.4 Å². The maximum absolute atomic E-state index is 12.6. The van der Waals surface area contributed by atoms with E-state index in [1.54, 1.807) is 43.5 Å². The van der Waals surface area contributed by atoms with Gasteiger partial charge < -0.3 is 14.6 Å². The van der Waals surface area contributed by atoms with E-state index in [4.69, 9.17) is 4.74 Å². The molecule has 0 unspecified atom stereocenters. The molecule has 0 spiro atoms. The molecule has 0 aliphatic heterocycles. The molecule has 1 N–H and O–H groups in total. The van der Waals surface area contributed by atoms with Crippen molar-refractivity contribution in [2.24, 2.45) is 0 Å². The number of H-pyrrole nitrogens is 1. The molecule has 25 heavy (non-hydrogen) atoms. The Morgan fingerprint density at radius 2 is 1.92 bits per heavy atom. The van der Waals surface area contributed by atoms with Crippen LogP contribution in [0.2, 0.25) is 0 Å². The second-order valence-corrected chi connectivity index (χ2v) is 5.65. The molecule has 0 bridgehead atoms. The summed E-state index contributed by atoms with van der Waals surface area (Å²) in [5.41, 5.74) is 1.38. The number of nitrogens with zero attached hydrogens (tertiary/aromatic N) is 3. The summed E-state index contributed by atoms with van der Waals surface area (Å²) in [6.45, 7) is 1.52. The highest BCUT2D eigenvalue weighted by atomic mass is 16.5. The molecule has 0 fully saturated rings. The number of rotatable bonds is 6. The topological polar surface area (TPSA) is 88.2 Å². The normalized spacial score (nSPS) is 11.9. The van der Waals surface area contributed by atoms with Crippen molar-refractivity contribution in [3.8, 4) is 0 Å². The van der Waals surface area contributed by atoms with Gasteiger partial charge in [0.05, 0.1) is 0 Å². The van der Waals surface area contributed by atoms with E-state index in [1.165, 1.54) is 0 Å². The fraction of sp³-hybridized carbons (Fsp3) is 0.222. The third kappa shape index (κ3) is 3.65. The van der Waals surface area contributed by atoms with E-state index in [0.717, 1.165) is 10.9 Å². The van der Waals surface area contributed by atoms with Crippen molar-refractivity contribution in [3.63, 3.8) is 0 Å². The molecule has 0 saturated heterocycles. The first-order valence-corrected chi connectivity index (χ1v) is 7.84. The number of aromatic amines is 1. The molecular formula is C18H18N4O3. The Balaban J connectivity index is 1.64. The van der Waals surface area contributed by atoms with Gasteiger partial charge in [-0.2, -0.15) is 0 Å². The number of esters is 1. The maximum atomic E-state index is 12.6. The summed E-state index contributed by atoms with van der Waals surface area (Å²) in [7, 11) is 1.68. The Labute approximate surface area is 144 Å². The van der Waals surface area contributed by atoms with Crippen molar-refractivity contribution in [2.75, 3.05) is 18.5 Å². The number of hydrogen-bond donors (Lipinski definition) is 1.